The number of rotatable bonds is 5. The standard InChI is InChI=1S/C12H15N5O2S/c1-9-3-2-4-10(16-9)8-15-20(18,19)11-5-6-14-12(7-11)17-13/h2-7,15H,8,13H2,1H3,(H,14,17). The summed E-state index contributed by atoms with van der Waals surface area (Å²) >= 11 is 0. The summed E-state index contributed by atoms with van der Waals surface area (Å²) < 4.78 is 26.7. The summed E-state index contributed by atoms with van der Waals surface area (Å²) in [4.78, 5) is 8.18. The third-order valence-electron chi connectivity index (χ3n) is 2.58. The Morgan fingerprint density at radius 3 is 2.80 bits per heavy atom. The van der Waals surface area contributed by atoms with Crippen molar-refractivity contribution in [2.24, 2.45) is 5.84 Å². The van der Waals surface area contributed by atoms with Crippen molar-refractivity contribution >= 4 is 15.8 Å². The van der Waals surface area contributed by atoms with E-state index in [1.54, 1.807) is 6.07 Å². The number of sulfonamides is 1. The number of nitrogens with one attached hydrogen (secondary N) is 2. The van der Waals surface area contributed by atoms with Gasteiger partial charge in [-0.1, -0.05) is 6.07 Å². The largest absolute Gasteiger partial charge is 0.308 e. The average Bonchev–Trinajstić information content (AvgIpc) is 2.45. The third kappa shape index (κ3) is 3.50. The summed E-state index contributed by atoms with van der Waals surface area (Å²) in [6.45, 7) is 1.97. The van der Waals surface area contributed by atoms with E-state index in [-0.39, 0.29) is 17.3 Å². The van der Waals surface area contributed by atoms with Crippen molar-refractivity contribution < 1.29 is 8.42 Å². The lowest BCUT2D eigenvalue weighted by atomic mass is 10.3. The maximum Gasteiger partial charge on any atom is 0.241 e. The molecule has 20 heavy (non-hydrogen) atoms. The van der Waals surface area contributed by atoms with Crippen LogP contribution in [0, 0.1) is 6.92 Å². The minimum absolute atomic E-state index is 0.0908. The highest BCUT2D eigenvalue weighted by atomic mass is 32.2. The fourth-order valence-electron chi connectivity index (χ4n) is 1.61. The van der Waals surface area contributed by atoms with Crippen LogP contribution in [0.15, 0.2) is 41.4 Å². The van der Waals surface area contributed by atoms with Crippen LogP contribution in [0.4, 0.5) is 5.82 Å². The van der Waals surface area contributed by atoms with Crippen molar-refractivity contribution in [2.75, 3.05) is 5.43 Å². The number of aryl methyl sites for hydroxylation is 1. The Kier molecular flexibility index (Phi) is 4.28. The Hall–Kier alpha value is -2.03. The number of nitrogen functional groups attached to an aromatic ring is 1. The van der Waals surface area contributed by atoms with Gasteiger partial charge in [-0.25, -0.2) is 24.0 Å². The molecule has 0 saturated heterocycles. The molecule has 0 aromatic carbocycles. The Morgan fingerprint density at radius 1 is 1.30 bits per heavy atom. The summed E-state index contributed by atoms with van der Waals surface area (Å²) in [6.07, 6.45) is 1.37. The molecule has 7 nitrogen and oxygen atoms in total. The van der Waals surface area contributed by atoms with Gasteiger partial charge in [0.15, 0.2) is 0 Å². The van der Waals surface area contributed by atoms with Gasteiger partial charge < -0.3 is 5.43 Å². The Bertz CT molecular complexity index is 702. The minimum atomic E-state index is -3.63. The lowest BCUT2D eigenvalue weighted by Gasteiger charge is -2.08. The van der Waals surface area contributed by atoms with Gasteiger partial charge in [-0.05, 0) is 25.1 Å². The molecule has 0 saturated carbocycles. The van der Waals surface area contributed by atoms with E-state index in [0.29, 0.717) is 5.69 Å². The monoisotopic (exact) mass is 293 g/mol. The van der Waals surface area contributed by atoms with E-state index >= 15 is 0 Å². The van der Waals surface area contributed by atoms with Gasteiger partial charge in [-0.3, -0.25) is 4.98 Å². The molecule has 2 rings (SSSR count). The van der Waals surface area contributed by atoms with Gasteiger partial charge in [-0.15, -0.1) is 0 Å². The van der Waals surface area contributed by atoms with Gasteiger partial charge in [-0.2, -0.15) is 0 Å². The van der Waals surface area contributed by atoms with E-state index in [0.717, 1.165) is 5.69 Å². The molecule has 0 amide bonds. The molecule has 0 bridgehead atoms. The highest BCUT2D eigenvalue weighted by molar-refractivity contribution is 7.89. The molecular weight excluding hydrogens is 278 g/mol. The van der Waals surface area contributed by atoms with E-state index < -0.39 is 10.0 Å². The first-order chi connectivity index (χ1) is 9.51. The molecule has 2 aromatic heterocycles. The van der Waals surface area contributed by atoms with Gasteiger partial charge in [0.05, 0.1) is 17.1 Å². The van der Waals surface area contributed by atoms with Crippen LogP contribution in [0.2, 0.25) is 0 Å². The quantitative estimate of drug-likeness (QED) is 0.548. The second-order valence-electron chi connectivity index (χ2n) is 4.12. The SMILES string of the molecule is Cc1cccc(CNS(=O)(=O)c2ccnc(NN)c2)n1. The topological polar surface area (TPSA) is 110 Å². The highest BCUT2D eigenvalue weighted by Crippen LogP contribution is 2.12. The first kappa shape index (κ1) is 14.4. The van der Waals surface area contributed by atoms with Crippen molar-refractivity contribution in [1.29, 1.82) is 0 Å². The summed E-state index contributed by atoms with van der Waals surface area (Å²) in [7, 11) is -3.63. The van der Waals surface area contributed by atoms with Gasteiger partial charge in [0.25, 0.3) is 0 Å². The van der Waals surface area contributed by atoms with E-state index in [1.807, 2.05) is 19.1 Å². The Morgan fingerprint density at radius 2 is 2.10 bits per heavy atom. The maximum absolute atomic E-state index is 12.1. The van der Waals surface area contributed by atoms with E-state index in [2.05, 4.69) is 20.1 Å². The Labute approximate surface area is 117 Å². The number of nitrogens with zero attached hydrogens (tertiary/aromatic N) is 2. The van der Waals surface area contributed by atoms with Crippen molar-refractivity contribution in [1.82, 2.24) is 14.7 Å². The van der Waals surface area contributed by atoms with Crippen LogP contribution in [0.25, 0.3) is 0 Å². The summed E-state index contributed by atoms with van der Waals surface area (Å²) in [6, 6.07) is 8.18. The molecule has 0 atom stereocenters. The predicted molar refractivity (Wildman–Crippen MR) is 75.0 cm³/mol. The molecule has 0 aliphatic heterocycles. The van der Waals surface area contributed by atoms with Crippen molar-refractivity contribution in [3.8, 4) is 0 Å². The number of anilines is 1. The smallest absolute Gasteiger partial charge is 0.241 e. The van der Waals surface area contributed by atoms with E-state index in [4.69, 9.17) is 5.84 Å². The van der Waals surface area contributed by atoms with Crippen LogP contribution < -0.4 is 16.0 Å². The normalized spacial score (nSPS) is 11.3. The van der Waals surface area contributed by atoms with Crippen LogP contribution in [0.5, 0.6) is 0 Å². The molecule has 0 aliphatic rings. The summed E-state index contributed by atoms with van der Waals surface area (Å²) in [5.74, 6) is 5.49. The first-order valence-corrected chi connectivity index (χ1v) is 7.34. The fraction of sp³-hybridized carbons (Fsp3) is 0.167. The molecule has 106 valence electrons. The van der Waals surface area contributed by atoms with Gasteiger partial charge in [0, 0.05) is 18.0 Å². The van der Waals surface area contributed by atoms with Crippen molar-refractivity contribution in [3.05, 3.63) is 47.9 Å². The van der Waals surface area contributed by atoms with E-state index in [1.165, 1.54) is 18.3 Å². The zero-order valence-electron chi connectivity index (χ0n) is 10.9. The van der Waals surface area contributed by atoms with Crippen LogP contribution in [0.1, 0.15) is 11.4 Å². The molecule has 0 radical (unpaired) electrons. The van der Waals surface area contributed by atoms with Crippen LogP contribution in [-0.2, 0) is 16.6 Å². The highest BCUT2D eigenvalue weighted by Gasteiger charge is 2.14. The molecule has 2 heterocycles. The molecule has 2 aromatic rings. The average molecular weight is 293 g/mol. The zero-order chi connectivity index (χ0) is 14.6. The lowest BCUT2D eigenvalue weighted by molar-refractivity contribution is 0.580. The molecule has 0 unspecified atom stereocenters. The number of hydrogen-bond acceptors (Lipinski definition) is 6. The van der Waals surface area contributed by atoms with Crippen molar-refractivity contribution in [3.63, 3.8) is 0 Å². The zero-order valence-corrected chi connectivity index (χ0v) is 11.7. The van der Waals surface area contributed by atoms with E-state index in [9.17, 15) is 8.42 Å². The molecule has 0 aliphatic carbocycles. The minimum Gasteiger partial charge on any atom is -0.308 e. The molecule has 0 fully saturated rings. The number of nitrogens with two attached hydrogens (primary N) is 1. The molecule has 8 heteroatoms. The van der Waals surface area contributed by atoms with Gasteiger partial charge in [0.2, 0.25) is 10.0 Å². The maximum atomic E-state index is 12.1. The number of pyridine rings is 2. The Balaban J connectivity index is 2.15. The summed E-state index contributed by atoms with van der Waals surface area (Å²) in [5.41, 5.74) is 3.79. The second kappa shape index (κ2) is 5.95. The third-order valence-corrected chi connectivity index (χ3v) is 3.98. The molecule has 4 N–H and O–H groups in total. The lowest BCUT2D eigenvalue weighted by Crippen LogP contribution is -2.24. The number of hydrazine groups is 1. The van der Waals surface area contributed by atoms with Crippen molar-refractivity contribution in [2.45, 2.75) is 18.4 Å². The molecule has 0 spiro atoms. The van der Waals surface area contributed by atoms with Crippen LogP contribution >= 0.6 is 0 Å². The van der Waals surface area contributed by atoms with Crippen LogP contribution in [-0.4, -0.2) is 18.4 Å². The second-order valence-corrected chi connectivity index (χ2v) is 5.88. The van der Waals surface area contributed by atoms with Crippen LogP contribution in [0.3, 0.4) is 0 Å². The van der Waals surface area contributed by atoms with Gasteiger partial charge >= 0.3 is 0 Å². The fourth-order valence-corrected chi connectivity index (χ4v) is 2.62. The first-order valence-electron chi connectivity index (χ1n) is 5.86. The summed E-state index contributed by atoms with van der Waals surface area (Å²) in [5, 5.41) is 0. The number of aromatic nitrogens is 2. The van der Waals surface area contributed by atoms with Gasteiger partial charge in [0.1, 0.15) is 5.82 Å². The predicted octanol–water partition coefficient (Wildman–Crippen LogP) is 0.549. The molecular formula is C12H15N5O2S. The number of hydrogen-bond donors (Lipinski definition) is 3.